The Morgan fingerprint density at radius 1 is 0.814 bits per heavy atom. The molecule has 0 N–H and O–H groups in total. The van der Waals surface area contributed by atoms with Gasteiger partial charge in [-0.1, -0.05) is 48.5 Å². The molecule has 0 saturated heterocycles. The Labute approximate surface area is 253 Å². The fourth-order valence-corrected chi connectivity index (χ4v) is 7.39. The summed E-state index contributed by atoms with van der Waals surface area (Å²) in [5.74, 6) is 2.72. The lowest BCUT2D eigenvalue weighted by Crippen LogP contribution is -2.35. The Hall–Kier alpha value is -4.70. The first kappa shape index (κ1) is 26.0. The van der Waals surface area contributed by atoms with Gasteiger partial charge in [0.1, 0.15) is 17.2 Å². The molecule has 214 valence electrons. The molecule has 2 heterocycles. The molecule has 0 fully saturated rings. The van der Waals surface area contributed by atoms with Crippen molar-refractivity contribution in [2.45, 2.75) is 31.8 Å². The van der Waals surface area contributed by atoms with Crippen molar-refractivity contribution in [3.63, 3.8) is 0 Å². The highest BCUT2D eigenvalue weighted by Gasteiger charge is 2.40. The molecule has 4 nitrogen and oxygen atoms in total. The van der Waals surface area contributed by atoms with E-state index in [0.29, 0.717) is 0 Å². The molecule has 0 aromatic heterocycles. The Balaban J connectivity index is 1.41. The van der Waals surface area contributed by atoms with Crippen LogP contribution in [0.4, 0.5) is 5.69 Å². The first-order valence-corrected chi connectivity index (χ1v) is 15.1. The summed E-state index contributed by atoms with van der Waals surface area (Å²) in [5, 5.41) is 2.36. The predicted octanol–water partition coefficient (Wildman–Crippen LogP) is 8.27. The normalized spacial score (nSPS) is 17.8. The summed E-state index contributed by atoms with van der Waals surface area (Å²) >= 11 is 0. The number of rotatable bonds is 4. The fraction of sp³-hybridized carbons (Fsp3) is 0.231. The maximum absolute atomic E-state index is 7.45. The standard InChI is InChI=1S/C39H35NO3/c1-24-21-28(12-16-35(24)40(2)3)39(27-10-13-29(41-4)14-11-27)19-17-32-31-15-9-25-7-5-6-8-30(25)37(31)33-22-26-18-20-42-36(26)23-34(33)38(32)43-39/h5-8,10-14,16-17,19,21-23H,9,15,18,20H2,1-4H3. The van der Waals surface area contributed by atoms with Crippen LogP contribution in [-0.4, -0.2) is 27.8 Å². The number of ether oxygens (including phenoxy) is 3. The molecular weight excluding hydrogens is 530 g/mol. The smallest absolute Gasteiger partial charge is 0.178 e. The summed E-state index contributed by atoms with van der Waals surface area (Å²) in [6.45, 7) is 2.89. The highest BCUT2D eigenvalue weighted by atomic mass is 16.5. The van der Waals surface area contributed by atoms with E-state index < -0.39 is 5.60 Å². The van der Waals surface area contributed by atoms with Gasteiger partial charge in [-0.3, -0.25) is 0 Å². The number of nitrogens with zero attached hydrogens (tertiary/aromatic N) is 1. The number of fused-ring (bicyclic) bond motifs is 9. The molecule has 1 aliphatic carbocycles. The van der Waals surface area contributed by atoms with Gasteiger partial charge in [0, 0.05) is 48.3 Å². The maximum Gasteiger partial charge on any atom is 0.178 e. The zero-order valence-corrected chi connectivity index (χ0v) is 25.2. The van der Waals surface area contributed by atoms with Gasteiger partial charge in [0.15, 0.2) is 5.60 Å². The summed E-state index contributed by atoms with van der Waals surface area (Å²) in [4.78, 5) is 2.16. The minimum atomic E-state index is -0.817. The molecule has 0 radical (unpaired) electrons. The zero-order chi connectivity index (χ0) is 29.3. The van der Waals surface area contributed by atoms with Crippen molar-refractivity contribution in [3.05, 3.63) is 124 Å². The van der Waals surface area contributed by atoms with Gasteiger partial charge in [0.25, 0.3) is 0 Å². The SMILES string of the molecule is COc1ccc(C2(c3ccc(N(C)C)c(C)c3)C=Cc3c4c(c5cc6c(cc5c3O2)OCC6)-c2ccccc2CC4)cc1. The van der Waals surface area contributed by atoms with E-state index in [1.165, 1.54) is 50.0 Å². The van der Waals surface area contributed by atoms with Crippen LogP contribution in [0, 0.1) is 6.92 Å². The summed E-state index contributed by atoms with van der Waals surface area (Å²) in [6, 6.07) is 28.5. The van der Waals surface area contributed by atoms with Crippen LogP contribution in [0.3, 0.4) is 0 Å². The van der Waals surface area contributed by atoms with Crippen molar-refractivity contribution >= 4 is 22.5 Å². The molecule has 43 heavy (non-hydrogen) atoms. The quantitative estimate of drug-likeness (QED) is 0.219. The monoisotopic (exact) mass is 565 g/mol. The van der Waals surface area contributed by atoms with Gasteiger partial charge in [-0.15, -0.1) is 0 Å². The van der Waals surface area contributed by atoms with Crippen molar-refractivity contribution in [2.75, 3.05) is 32.7 Å². The molecule has 5 aromatic rings. The van der Waals surface area contributed by atoms with E-state index in [1.807, 2.05) is 12.1 Å². The molecule has 1 atom stereocenters. The van der Waals surface area contributed by atoms with Crippen molar-refractivity contribution in [1.29, 1.82) is 0 Å². The topological polar surface area (TPSA) is 30.9 Å². The molecular formula is C39H35NO3. The summed E-state index contributed by atoms with van der Waals surface area (Å²) in [5.41, 5.74) is 11.7. The lowest BCUT2D eigenvalue weighted by Gasteiger charge is -2.39. The molecule has 2 aliphatic heterocycles. The highest BCUT2D eigenvalue weighted by molar-refractivity contribution is 6.07. The third kappa shape index (κ3) is 3.89. The number of hydrogen-bond acceptors (Lipinski definition) is 4. The Kier molecular flexibility index (Phi) is 5.84. The van der Waals surface area contributed by atoms with Crippen LogP contribution in [0.25, 0.3) is 28.0 Å². The second-order valence-corrected chi connectivity index (χ2v) is 12.2. The van der Waals surface area contributed by atoms with Gasteiger partial charge in [0.2, 0.25) is 0 Å². The second-order valence-electron chi connectivity index (χ2n) is 12.2. The second kappa shape index (κ2) is 9.67. The third-order valence-corrected chi connectivity index (χ3v) is 9.52. The van der Waals surface area contributed by atoms with Gasteiger partial charge in [-0.05, 0) is 101 Å². The highest BCUT2D eigenvalue weighted by Crippen LogP contribution is 2.53. The molecule has 5 aromatic carbocycles. The van der Waals surface area contributed by atoms with E-state index in [0.717, 1.165) is 59.6 Å². The van der Waals surface area contributed by atoms with Crippen LogP contribution in [0.1, 0.15) is 38.9 Å². The Morgan fingerprint density at radius 2 is 1.63 bits per heavy atom. The maximum atomic E-state index is 7.45. The molecule has 8 rings (SSSR count). The van der Waals surface area contributed by atoms with E-state index >= 15 is 0 Å². The van der Waals surface area contributed by atoms with Crippen LogP contribution in [0.5, 0.6) is 17.2 Å². The third-order valence-electron chi connectivity index (χ3n) is 9.52. The van der Waals surface area contributed by atoms with Gasteiger partial charge in [-0.25, -0.2) is 0 Å². The molecule has 0 saturated carbocycles. The van der Waals surface area contributed by atoms with Crippen LogP contribution < -0.4 is 19.1 Å². The first-order valence-electron chi connectivity index (χ1n) is 15.1. The van der Waals surface area contributed by atoms with Crippen molar-refractivity contribution < 1.29 is 14.2 Å². The van der Waals surface area contributed by atoms with E-state index in [9.17, 15) is 0 Å². The molecule has 3 aliphatic rings. The van der Waals surface area contributed by atoms with Crippen LogP contribution in [-0.2, 0) is 24.9 Å². The van der Waals surface area contributed by atoms with Crippen LogP contribution >= 0.6 is 0 Å². The number of aryl methyl sites for hydroxylation is 2. The molecule has 0 amide bonds. The average molecular weight is 566 g/mol. The van der Waals surface area contributed by atoms with Gasteiger partial charge >= 0.3 is 0 Å². The van der Waals surface area contributed by atoms with Crippen LogP contribution in [0.2, 0.25) is 0 Å². The first-order chi connectivity index (χ1) is 21.0. The lowest BCUT2D eigenvalue weighted by molar-refractivity contribution is 0.163. The lowest BCUT2D eigenvalue weighted by atomic mass is 9.77. The van der Waals surface area contributed by atoms with E-state index in [1.54, 1.807) is 7.11 Å². The Morgan fingerprint density at radius 3 is 2.42 bits per heavy atom. The summed E-state index contributed by atoms with van der Waals surface area (Å²) in [7, 11) is 5.88. The summed E-state index contributed by atoms with van der Waals surface area (Å²) < 4.78 is 19.1. The predicted molar refractivity (Wildman–Crippen MR) is 175 cm³/mol. The fourth-order valence-electron chi connectivity index (χ4n) is 7.39. The summed E-state index contributed by atoms with van der Waals surface area (Å²) in [6.07, 6.45) is 7.53. The van der Waals surface area contributed by atoms with E-state index in [-0.39, 0.29) is 0 Å². The Bertz CT molecular complexity index is 1950. The van der Waals surface area contributed by atoms with Gasteiger partial charge < -0.3 is 19.1 Å². The molecule has 1 unspecified atom stereocenters. The van der Waals surface area contributed by atoms with Crippen molar-refractivity contribution in [3.8, 4) is 28.4 Å². The minimum Gasteiger partial charge on any atom is -0.497 e. The average Bonchev–Trinajstić information content (AvgIpc) is 3.51. The van der Waals surface area contributed by atoms with Gasteiger partial charge in [-0.2, -0.15) is 0 Å². The van der Waals surface area contributed by atoms with Crippen molar-refractivity contribution in [1.82, 2.24) is 0 Å². The molecule has 0 bridgehead atoms. The van der Waals surface area contributed by atoms with E-state index in [2.05, 4.69) is 105 Å². The van der Waals surface area contributed by atoms with Gasteiger partial charge in [0.05, 0.1) is 13.7 Å². The minimum absolute atomic E-state index is 0.723. The number of hydrogen-bond donors (Lipinski definition) is 0. The van der Waals surface area contributed by atoms with E-state index in [4.69, 9.17) is 14.2 Å². The number of methoxy groups -OCH3 is 1. The largest absolute Gasteiger partial charge is 0.497 e. The van der Waals surface area contributed by atoms with Crippen LogP contribution in [0.15, 0.2) is 84.9 Å². The molecule has 4 heteroatoms. The zero-order valence-electron chi connectivity index (χ0n) is 25.2. The molecule has 0 spiro atoms. The van der Waals surface area contributed by atoms with Crippen molar-refractivity contribution in [2.24, 2.45) is 0 Å². The number of benzene rings is 5. The number of anilines is 1.